The number of thioether (sulfide) groups is 1. The first kappa shape index (κ1) is 94.3. The van der Waals surface area contributed by atoms with Gasteiger partial charge in [-0.1, -0.05) is 150 Å². The van der Waals surface area contributed by atoms with Crippen LogP contribution >= 0.6 is 103 Å². The van der Waals surface area contributed by atoms with Gasteiger partial charge < -0.3 is 33.6 Å². The van der Waals surface area contributed by atoms with Crippen molar-refractivity contribution in [2.24, 2.45) is 28.2 Å². The van der Waals surface area contributed by atoms with Crippen molar-refractivity contribution in [1.29, 1.82) is 0 Å². The van der Waals surface area contributed by atoms with Crippen molar-refractivity contribution in [3.8, 4) is 0 Å². The van der Waals surface area contributed by atoms with Gasteiger partial charge in [-0.25, -0.2) is 46.0 Å². The van der Waals surface area contributed by atoms with Crippen LogP contribution in [0.25, 0.3) is 44.7 Å². The van der Waals surface area contributed by atoms with Gasteiger partial charge in [-0.3, -0.25) is 56.5 Å². The lowest BCUT2D eigenvalue weighted by Crippen LogP contribution is -2.40. The van der Waals surface area contributed by atoms with Crippen LogP contribution in [-0.2, 0) is 87.1 Å². The van der Waals surface area contributed by atoms with E-state index in [0.29, 0.717) is 97.5 Å². The number of aliphatic hydroxyl groups is 3. The largest absolute Gasteiger partial charge is 0.390 e. The van der Waals surface area contributed by atoms with E-state index < -0.39 is 70.3 Å². The topological polar surface area (TPSA) is 398 Å². The van der Waals surface area contributed by atoms with Gasteiger partial charge >= 0.3 is 22.8 Å². The van der Waals surface area contributed by atoms with Gasteiger partial charge in [0, 0.05) is 72.5 Å². The summed E-state index contributed by atoms with van der Waals surface area (Å²) in [5.74, 6) is 1.63. The van der Waals surface area contributed by atoms with E-state index in [-0.39, 0.29) is 87.9 Å². The maximum absolute atomic E-state index is 13.4. The van der Waals surface area contributed by atoms with E-state index in [1.54, 1.807) is 105 Å². The first-order valence-corrected chi connectivity index (χ1v) is 47.0. The summed E-state index contributed by atoms with van der Waals surface area (Å²) in [6.07, 6.45) is 9.28. The first-order chi connectivity index (χ1) is 56.8. The van der Waals surface area contributed by atoms with Crippen LogP contribution in [0.2, 0.25) is 20.1 Å². The number of aromatic amines is 2. The molecule has 41 heteroatoms. The number of H-pyrrole nitrogens is 2. The van der Waals surface area contributed by atoms with Gasteiger partial charge in [0.05, 0.1) is 54.5 Å². The second-order valence-electron chi connectivity index (χ2n) is 29.7. The molecule has 0 atom stereocenters. The van der Waals surface area contributed by atoms with Gasteiger partial charge in [0.1, 0.15) is 0 Å². The lowest BCUT2D eigenvalue weighted by atomic mass is 10.2. The SMILES string of the molecule is CCCS.CCCS(=O)(=O)c1nc2c(c(=O)[nH]c(=O)n2C)n1Cc1ccc(Cl)cc1.CCCS(=O)(=O)c1nc2c(c(=O)n(CCC3(O)CC3)c(=O)n2C)n1Cc1ccc(Cl)cc1.CCCSc1nc2c(c(=O)n(CCC3(O)CC3)c(=O)n2C)n1Cc1ccc(Cl)cc1.Cn1c(=O)[nH]c(=O)c2c1nc(Br)n2Cc1ccc(Cl)cc1.OC1(CCBr)CC1. The number of nitrogens with zero attached hydrogens (tertiary/aromatic N) is 14. The molecule has 12 aromatic rings. The Bertz CT molecular complexity index is 6480. The highest BCUT2D eigenvalue weighted by molar-refractivity contribution is 9.10. The van der Waals surface area contributed by atoms with Crippen LogP contribution in [0.1, 0.15) is 133 Å². The summed E-state index contributed by atoms with van der Waals surface area (Å²) in [7, 11) is -1.42. The Labute approximate surface area is 735 Å². The fourth-order valence-corrected chi connectivity index (χ4v) is 18.1. The molecule has 0 saturated heterocycles. The minimum absolute atomic E-state index is 0.0185. The van der Waals surface area contributed by atoms with Gasteiger partial charge in [0.25, 0.3) is 22.2 Å². The number of alkyl halides is 1. The Hall–Kier alpha value is -7.92. The summed E-state index contributed by atoms with van der Waals surface area (Å²) in [6.45, 7) is 8.99. The zero-order valence-electron chi connectivity index (χ0n) is 67.1. The molecule has 646 valence electrons. The summed E-state index contributed by atoms with van der Waals surface area (Å²) >= 11 is 35.8. The molecular weight excluding hydrogens is 1840 g/mol. The Morgan fingerprint density at radius 1 is 0.442 bits per heavy atom. The van der Waals surface area contributed by atoms with E-state index >= 15 is 0 Å². The van der Waals surface area contributed by atoms with Crippen molar-refractivity contribution in [1.82, 2.24) is 75.6 Å². The monoisotopic (exact) mass is 1930 g/mol. The molecule has 8 aromatic heterocycles. The van der Waals surface area contributed by atoms with Crippen LogP contribution in [0.4, 0.5) is 0 Å². The van der Waals surface area contributed by atoms with E-state index in [9.17, 15) is 65.4 Å². The van der Waals surface area contributed by atoms with Crippen molar-refractivity contribution in [2.75, 3.05) is 28.3 Å². The molecule has 5 N–H and O–H groups in total. The van der Waals surface area contributed by atoms with Crippen molar-refractivity contribution >= 4 is 167 Å². The van der Waals surface area contributed by atoms with E-state index in [4.69, 9.17) is 51.5 Å². The maximum atomic E-state index is 13.4. The van der Waals surface area contributed by atoms with Crippen molar-refractivity contribution in [3.63, 3.8) is 0 Å². The summed E-state index contributed by atoms with van der Waals surface area (Å²) < 4.78 is 65.4. The lowest BCUT2D eigenvalue weighted by molar-refractivity contribution is 0.132. The number of aryl methyl sites for hydroxylation is 4. The predicted octanol–water partition coefficient (Wildman–Crippen LogP) is 10.5. The molecule has 3 fully saturated rings. The van der Waals surface area contributed by atoms with Crippen LogP contribution in [0, 0.1) is 0 Å². The third-order valence-electron chi connectivity index (χ3n) is 20.1. The number of hydrogen-bond donors (Lipinski definition) is 6. The summed E-state index contributed by atoms with van der Waals surface area (Å²) in [6, 6.07) is 28.5. The molecule has 3 aliphatic carbocycles. The van der Waals surface area contributed by atoms with Crippen LogP contribution < -0.4 is 45.0 Å². The molecule has 0 spiro atoms. The Morgan fingerprint density at radius 2 is 0.758 bits per heavy atom. The molecule has 3 saturated carbocycles. The van der Waals surface area contributed by atoms with Crippen molar-refractivity contribution in [2.45, 2.75) is 183 Å². The van der Waals surface area contributed by atoms with E-state index in [2.05, 4.69) is 88.2 Å². The number of aromatic nitrogens is 16. The number of nitrogens with one attached hydrogen (secondary N) is 2. The third-order valence-corrected chi connectivity index (χ3v) is 27.4. The van der Waals surface area contributed by atoms with Crippen LogP contribution in [0.15, 0.2) is 156 Å². The number of sulfone groups is 2. The van der Waals surface area contributed by atoms with Crippen LogP contribution in [0.5, 0.6) is 0 Å². The molecule has 31 nitrogen and oxygen atoms in total. The highest BCUT2D eigenvalue weighted by atomic mass is 79.9. The molecule has 0 unspecified atom stereocenters. The van der Waals surface area contributed by atoms with Crippen LogP contribution in [0.3, 0.4) is 0 Å². The van der Waals surface area contributed by atoms with Crippen molar-refractivity contribution in [3.05, 3.63) is 227 Å². The Kier molecular flexibility index (Phi) is 31.6. The minimum atomic E-state index is -3.79. The average molecular weight is 1940 g/mol. The summed E-state index contributed by atoms with van der Waals surface area (Å²) in [4.78, 5) is 122. The van der Waals surface area contributed by atoms with Gasteiger partial charge in [0.2, 0.25) is 30.0 Å². The van der Waals surface area contributed by atoms with E-state index in [1.165, 1.54) is 47.9 Å². The number of hydrogen-bond acceptors (Lipinski definition) is 21. The molecule has 0 bridgehead atoms. The quantitative estimate of drug-likeness (QED) is 0.0127. The molecule has 0 radical (unpaired) electrons. The first-order valence-electron chi connectivity index (χ1n) is 38.6. The van der Waals surface area contributed by atoms with E-state index in [0.717, 1.165) is 86.7 Å². The highest BCUT2D eigenvalue weighted by Gasteiger charge is 2.42. The molecule has 0 amide bonds. The second-order valence-corrected chi connectivity index (χ2v) is 38.4. The lowest BCUT2D eigenvalue weighted by Gasteiger charge is -2.12. The number of rotatable bonds is 26. The molecule has 0 aliphatic heterocycles. The van der Waals surface area contributed by atoms with Gasteiger partial charge in [-0.2, -0.15) is 22.6 Å². The normalized spacial score (nSPS) is 14.1. The number of benzene rings is 4. The fourth-order valence-electron chi connectivity index (χ4n) is 12.7. The zero-order valence-corrected chi connectivity index (χ0v) is 76.7. The number of fused-ring (bicyclic) bond motifs is 4. The molecule has 15 rings (SSSR count). The Morgan fingerprint density at radius 3 is 1.10 bits per heavy atom. The second kappa shape index (κ2) is 40.2. The molecule has 4 aromatic carbocycles. The molecule has 3 aliphatic rings. The average Bonchev–Trinajstić information content (AvgIpc) is 1.53. The fraction of sp³-hybridized carbons (Fsp3) is 0.443. The molecule has 8 heterocycles. The third kappa shape index (κ3) is 22.7. The highest BCUT2D eigenvalue weighted by Crippen LogP contribution is 2.40. The van der Waals surface area contributed by atoms with Crippen molar-refractivity contribution < 1.29 is 32.2 Å². The summed E-state index contributed by atoms with van der Waals surface area (Å²) in [5.41, 5.74) is -1.03. The number of thiol groups is 1. The number of halogens is 6. The standard InChI is InChI=1S/C21H25ClN4O5S.C21H25ClN4O3S.C16H17ClN4O4S.C13H10BrClN4O2.C5H9BrO.C3H8S/c1-3-12-32(30,31)19-23-17-16(26(19)13-14-4-6-15(22)7-5-14)18(27)25(20(28)24(17)2)11-10-21(29)8-9-21;1-3-12-30-19-23-17-16(26(19)13-14-4-6-15(22)7-5-14)18(27)25(20(28)24(17)2)11-10-21(29)8-9-21;1-3-8-26(24,25)16-18-13-12(14(22)19-15(23)20(13)2)21(16)9-10-4-6-11(17)7-5-10;1-18-10-9(11(20)17-13(18)21)19(12(14)16-10)6-7-2-4-8(15)5-3-7;6-4-3-5(7)1-2-5;1-2-3-4/h4-7,29H,3,8-13H2,1-2H3;4-7,29H,3,8-13H2,1-2H3;4-7H,3,8-9H2,1-2H3,(H,19,22,23);2-5H,6H2,1H3,(H,17,20,21);7H,1-4H2;4H,2-3H2,1H3. The van der Waals surface area contributed by atoms with Gasteiger partial charge in [-0.05, 0) is 176 Å². The van der Waals surface area contributed by atoms with Crippen LogP contribution in [-0.4, -0.2) is 153 Å². The van der Waals surface area contributed by atoms with Gasteiger partial charge in [0.15, 0.2) is 54.5 Å². The zero-order chi connectivity index (χ0) is 87.7. The van der Waals surface area contributed by atoms with Gasteiger partial charge in [-0.15, -0.1) is 0 Å². The Balaban J connectivity index is 0.000000162. The smallest absolute Gasteiger partial charge is 0.332 e. The molecular formula is C79H94Br2Cl4N16O15S4. The predicted molar refractivity (Wildman–Crippen MR) is 480 cm³/mol. The molecule has 120 heavy (non-hydrogen) atoms. The maximum Gasteiger partial charge on any atom is 0.332 e. The summed E-state index contributed by atoms with van der Waals surface area (Å²) in [5, 5.41) is 33.0. The number of imidazole rings is 4. The van der Waals surface area contributed by atoms with E-state index in [1.807, 2.05) is 41.0 Å². The minimum Gasteiger partial charge on any atom is -0.390 e.